The van der Waals surface area contributed by atoms with Crippen molar-refractivity contribution in [2.45, 2.75) is 71.3 Å². The van der Waals surface area contributed by atoms with Crippen LogP contribution in [0.25, 0.3) is 11.0 Å². The number of nitriles is 1. The van der Waals surface area contributed by atoms with Gasteiger partial charge in [-0.25, -0.2) is 9.78 Å². The number of imidazole rings is 1. The number of nitrogens with zero attached hydrogens (tertiary/aromatic N) is 6. The third-order valence-corrected chi connectivity index (χ3v) is 6.97. The summed E-state index contributed by atoms with van der Waals surface area (Å²) in [5.41, 5.74) is 1.90. The fraction of sp³-hybridized carbons (Fsp3) is 0.577. The van der Waals surface area contributed by atoms with Gasteiger partial charge in [0.2, 0.25) is 5.89 Å². The number of benzene rings is 1. The fourth-order valence-corrected chi connectivity index (χ4v) is 5.09. The highest BCUT2D eigenvalue weighted by Crippen LogP contribution is 2.33. The molecule has 1 aliphatic rings. The Morgan fingerprint density at radius 1 is 1.34 bits per heavy atom. The van der Waals surface area contributed by atoms with Crippen LogP contribution in [0.5, 0.6) is 0 Å². The molecule has 35 heavy (non-hydrogen) atoms. The second kappa shape index (κ2) is 10.1. The summed E-state index contributed by atoms with van der Waals surface area (Å²) in [6.45, 7) is 9.50. The van der Waals surface area contributed by atoms with Crippen LogP contribution in [0.15, 0.2) is 29.0 Å². The first-order chi connectivity index (χ1) is 16.7. The molecule has 1 fully saturated rings. The Bertz CT molecular complexity index is 1220. The van der Waals surface area contributed by atoms with E-state index in [4.69, 9.17) is 4.52 Å². The molecule has 1 N–H and O–H groups in total. The van der Waals surface area contributed by atoms with Crippen LogP contribution in [0.3, 0.4) is 0 Å². The van der Waals surface area contributed by atoms with Crippen LogP contribution < -0.4 is 0 Å². The number of fused-ring (bicyclic) bond motifs is 1. The van der Waals surface area contributed by atoms with Gasteiger partial charge in [0.1, 0.15) is 0 Å². The lowest BCUT2D eigenvalue weighted by molar-refractivity contribution is 0.108. The maximum Gasteiger partial charge on any atom is 0.407 e. The van der Waals surface area contributed by atoms with E-state index < -0.39 is 11.5 Å². The smallest absolute Gasteiger partial charge is 0.407 e. The van der Waals surface area contributed by atoms with Crippen LogP contribution in [0.1, 0.15) is 76.6 Å². The van der Waals surface area contributed by atoms with Crippen molar-refractivity contribution in [1.29, 1.82) is 5.26 Å². The van der Waals surface area contributed by atoms with Crippen molar-refractivity contribution < 1.29 is 14.4 Å². The van der Waals surface area contributed by atoms with E-state index >= 15 is 0 Å². The van der Waals surface area contributed by atoms with Crippen LogP contribution in [0.4, 0.5) is 4.79 Å². The van der Waals surface area contributed by atoms with E-state index in [1.54, 1.807) is 6.07 Å². The average Bonchev–Trinajstić information content (AvgIpc) is 3.47. The van der Waals surface area contributed by atoms with E-state index in [2.05, 4.69) is 25.8 Å². The Hall–Kier alpha value is -3.41. The molecule has 2 unspecified atom stereocenters. The van der Waals surface area contributed by atoms with Crippen molar-refractivity contribution in [2.75, 3.05) is 13.1 Å². The predicted octanol–water partition coefficient (Wildman–Crippen LogP) is 5.18. The highest BCUT2D eigenvalue weighted by atomic mass is 16.5. The summed E-state index contributed by atoms with van der Waals surface area (Å²) in [5.74, 6) is 1.98. The zero-order chi connectivity index (χ0) is 25.2. The van der Waals surface area contributed by atoms with Crippen LogP contribution in [-0.2, 0) is 12.0 Å². The molecule has 2 aromatic heterocycles. The summed E-state index contributed by atoms with van der Waals surface area (Å²) in [6, 6.07) is 7.76. The van der Waals surface area contributed by atoms with Crippen molar-refractivity contribution >= 4 is 17.1 Å². The van der Waals surface area contributed by atoms with Crippen molar-refractivity contribution in [3.63, 3.8) is 0 Å². The van der Waals surface area contributed by atoms with E-state index in [1.165, 1.54) is 4.90 Å². The molecule has 9 nitrogen and oxygen atoms in total. The molecule has 0 bridgehead atoms. The predicted molar refractivity (Wildman–Crippen MR) is 131 cm³/mol. The van der Waals surface area contributed by atoms with E-state index in [1.807, 2.05) is 46.2 Å². The molecule has 0 saturated heterocycles. The molecule has 2 heterocycles. The molecule has 3 aromatic rings. The van der Waals surface area contributed by atoms with Gasteiger partial charge in [0.15, 0.2) is 5.82 Å². The van der Waals surface area contributed by atoms with Crippen molar-refractivity contribution in [2.24, 2.45) is 11.8 Å². The summed E-state index contributed by atoms with van der Waals surface area (Å²) in [6.07, 6.45) is 5.07. The van der Waals surface area contributed by atoms with Crippen molar-refractivity contribution in [3.8, 4) is 6.07 Å². The molecule has 0 spiro atoms. The second-order valence-electron chi connectivity index (χ2n) is 10.8. The standard InChI is InChI=1S/C26H34N6O3/c1-17(2)23-29-24(35-30-23)26(3,4)15-31(25(33)34)13-19-6-5-7-20(10-19)14-32-16-28-21-9-8-18(12-27)11-22(21)32/h8-9,11,16-17,19-20H,5-7,10,13-15H2,1-4H3,(H,33,34). The molecule has 9 heteroatoms. The van der Waals surface area contributed by atoms with Crippen molar-refractivity contribution in [1.82, 2.24) is 24.6 Å². The molecule has 1 aliphatic carbocycles. The largest absolute Gasteiger partial charge is 0.465 e. The Kier molecular flexibility index (Phi) is 7.10. The first-order valence-corrected chi connectivity index (χ1v) is 12.3. The number of carbonyl (C=O) groups is 1. The van der Waals surface area contributed by atoms with Gasteiger partial charge >= 0.3 is 6.09 Å². The summed E-state index contributed by atoms with van der Waals surface area (Å²) in [4.78, 5) is 22.7. The molecule has 0 aliphatic heterocycles. The van der Waals surface area contributed by atoms with Crippen LogP contribution >= 0.6 is 0 Å². The molecule has 1 aromatic carbocycles. The second-order valence-corrected chi connectivity index (χ2v) is 10.8. The Morgan fingerprint density at radius 2 is 2.11 bits per heavy atom. The van der Waals surface area contributed by atoms with Gasteiger partial charge < -0.3 is 19.1 Å². The molecule has 1 amide bonds. The maximum absolute atomic E-state index is 12.2. The molecule has 0 radical (unpaired) electrons. The zero-order valence-electron chi connectivity index (χ0n) is 20.9. The third kappa shape index (κ3) is 5.64. The Balaban J connectivity index is 1.42. The molecule has 4 rings (SSSR count). The van der Waals surface area contributed by atoms with Gasteiger partial charge in [0.25, 0.3) is 0 Å². The van der Waals surface area contributed by atoms with Gasteiger partial charge in [-0.05, 0) is 63.1 Å². The maximum atomic E-state index is 12.2. The lowest BCUT2D eigenvalue weighted by Gasteiger charge is -2.35. The lowest BCUT2D eigenvalue weighted by Crippen LogP contribution is -2.43. The summed E-state index contributed by atoms with van der Waals surface area (Å²) in [7, 11) is 0. The molecule has 186 valence electrons. The number of hydrogen-bond donors (Lipinski definition) is 1. The summed E-state index contributed by atoms with van der Waals surface area (Å²) in [5, 5.41) is 23.3. The number of rotatable bonds is 8. The highest BCUT2D eigenvalue weighted by molar-refractivity contribution is 5.76. The van der Waals surface area contributed by atoms with Gasteiger partial charge in [-0.2, -0.15) is 10.2 Å². The summed E-state index contributed by atoms with van der Waals surface area (Å²) < 4.78 is 7.61. The first-order valence-electron chi connectivity index (χ1n) is 12.3. The van der Waals surface area contributed by atoms with Gasteiger partial charge in [0.05, 0.1) is 34.4 Å². The fourth-order valence-electron chi connectivity index (χ4n) is 5.09. The quantitative estimate of drug-likeness (QED) is 0.473. The molecular formula is C26H34N6O3. The normalized spacial score (nSPS) is 18.6. The van der Waals surface area contributed by atoms with Gasteiger partial charge in [0, 0.05) is 25.6 Å². The SMILES string of the molecule is CC(C)c1noc(C(C)(C)CN(CC2CCCC(Cn3cnc4ccc(C#N)cc43)C2)C(=O)O)n1. The minimum Gasteiger partial charge on any atom is -0.465 e. The third-order valence-electron chi connectivity index (χ3n) is 6.97. The minimum absolute atomic E-state index is 0.150. The van der Waals surface area contributed by atoms with Crippen LogP contribution in [0, 0.1) is 23.2 Å². The van der Waals surface area contributed by atoms with Crippen LogP contribution in [0.2, 0.25) is 0 Å². The van der Waals surface area contributed by atoms with Gasteiger partial charge in [-0.15, -0.1) is 0 Å². The number of aromatic nitrogens is 4. The van der Waals surface area contributed by atoms with E-state index in [0.717, 1.165) is 43.3 Å². The Morgan fingerprint density at radius 3 is 2.80 bits per heavy atom. The Labute approximate surface area is 205 Å². The van der Waals surface area contributed by atoms with Crippen LogP contribution in [-0.4, -0.2) is 48.9 Å². The number of hydrogen-bond acceptors (Lipinski definition) is 6. The molecular weight excluding hydrogens is 444 g/mol. The monoisotopic (exact) mass is 478 g/mol. The summed E-state index contributed by atoms with van der Waals surface area (Å²) >= 11 is 0. The molecule has 1 saturated carbocycles. The highest BCUT2D eigenvalue weighted by Gasteiger charge is 2.34. The lowest BCUT2D eigenvalue weighted by atomic mass is 9.80. The van der Waals surface area contributed by atoms with E-state index in [-0.39, 0.29) is 5.92 Å². The van der Waals surface area contributed by atoms with E-state index in [0.29, 0.717) is 42.2 Å². The number of carboxylic acid groups (broad SMARTS) is 1. The van der Waals surface area contributed by atoms with Crippen molar-refractivity contribution in [3.05, 3.63) is 41.8 Å². The number of amides is 1. The molecule has 2 atom stereocenters. The van der Waals surface area contributed by atoms with Gasteiger partial charge in [-0.1, -0.05) is 25.4 Å². The minimum atomic E-state index is -0.923. The van der Waals surface area contributed by atoms with E-state index in [9.17, 15) is 15.2 Å². The first kappa shape index (κ1) is 24.7. The average molecular weight is 479 g/mol. The van der Waals surface area contributed by atoms with Gasteiger partial charge in [-0.3, -0.25) is 0 Å². The zero-order valence-corrected chi connectivity index (χ0v) is 20.9. The topological polar surface area (TPSA) is 121 Å².